The third kappa shape index (κ3) is 4.29. The van der Waals surface area contributed by atoms with Gasteiger partial charge in [0.05, 0.1) is 0 Å². The van der Waals surface area contributed by atoms with Gasteiger partial charge in [0.1, 0.15) is 17.1 Å². The molecule has 1 saturated heterocycles. The lowest BCUT2D eigenvalue weighted by Crippen LogP contribution is -2.55. The molecule has 32 heavy (non-hydrogen) atoms. The molecule has 3 rings (SSSR count). The van der Waals surface area contributed by atoms with Crippen LogP contribution < -0.4 is 0 Å². The second-order valence-corrected chi connectivity index (χ2v) is 9.10. The number of nitrogens with zero attached hydrogens (tertiary/aromatic N) is 2. The van der Waals surface area contributed by atoms with Crippen LogP contribution in [-0.2, 0) is 9.59 Å². The standard InChI is InChI=1S/C26H32N2O3S/c1-8-27-24(29)22(25(30)28(9-2)26(27)32)14-19-10-11-23(31-19)18-12-20(15(3)4)17(7)21(13-18)16(5)6/h10-16H,8-9H2,1-7H3. The second kappa shape index (κ2) is 9.41. The van der Waals surface area contributed by atoms with Crippen molar-refractivity contribution in [2.24, 2.45) is 0 Å². The lowest BCUT2D eigenvalue weighted by atomic mass is 9.87. The number of furan rings is 1. The molecule has 2 amide bonds. The highest BCUT2D eigenvalue weighted by molar-refractivity contribution is 7.80. The maximum atomic E-state index is 12.9. The minimum absolute atomic E-state index is 0.0674. The average Bonchev–Trinajstić information content (AvgIpc) is 3.20. The van der Waals surface area contributed by atoms with E-state index in [4.69, 9.17) is 16.6 Å². The third-order valence-corrected chi connectivity index (χ3v) is 6.42. The Labute approximate surface area is 196 Å². The van der Waals surface area contributed by atoms with Gasteiger partial charge in [0, 0.05) is 18.7 Å². The van der Waals surface area contributed by atoms with E-state index in [1.165, 1.54) is 32.6 Å². The fraction of sp³-hybridized carbons (Fsp3) is 0.423. The van der Waals surface area contributed by atoms with E-state index in [-0.39, 0.29) is 22.5 Å². The summed E-state index contributed by atoms with van der Waals surface area (Å²) in [6.45, 7) is 15.4. The van der Waals surface area contributed by atoms with Crippen molar-refractivity contribution in [2.45, 2.75) is 60.3 Å². The Hall–Kier alpha value is -2.73. The molecule has 0 N–H and O–H groups in total. The Balaban J connectivity index is 2.04. The van der Waals surface area contributed by atoms with Crippen LogP contribution in [0.4, 0.5) is 0 Å². The maximum absolute atomic E-state index is 12.9. The fourth-order valence-corrected chi connectivity index (χ4v) is 4.64. The van der Waals surface area contributed by atoms with E-state index in [1.54, 1.807) is 6.07 Å². The molecule has 0 bridgehead atoms. The molecule has 0 unspecified atom stereocenters. The SMILES string of the molecule is CCN1C(=O)C(=Cc2ccc(-c3cc(C(C)C)c(C)c(C(C)C)c3)o2)C(=O)N(CC)C1=S. The summed E-state index contributed by atoms with van der Waals surface area (Å²) in [4.78, 5) is 28.6. The van der Waals surface area contributed by atoms with Gasteiger partial charge < -0.3 is 4.42 Å². The Kier molecular flexibility index (Phi) is 7.03. The number of thiocarbonyl (C=S) groups is 1. The van der Waals surface area contributed by atoms with Crippen LogP contribution in [-0.4, -0.2) is 39.8 Å². The zero-order valence-electron chi connectivity index (χ0n) is 20.0. The summed E-state index contributed by atoms with van der Waals surface area (Å²) in [7, 11) is 0. The van der Waals surface area contributed by atoms with Crippen LogP contribution in [0.25, 0.3) is 17.4 Å². The fourth-order valence-electron chi connectivity index (χ4n) is 4.21. The molecule has 170 valence electrons. The van der Waals surface area contributed by atoms with Gasteiger partial charge >= 0.3 is 0 Å². The normalized spacial score (nSPS) is 14.9. The monoisotopic (exact) mass is 452 g/mol. The number of hydrogen-bond donors (Lipinski definition) is 0. The number of benzene rings is 1. The third-order valence-electron chi connectivity index (χ3n) is 5.98. The van der Waals surface area contributed by atoms with Crippen molar-refractivity contribution in [1.29, 1.82) is 0 Å². The molecule has 6 heteroatoms. The minimum Gasteiger partial charge on any atom is -0.457 e. The molecule has 0 radical (unpaired) electrons. The molecule has 2 heterocycles. The summed E-state index contributed by atoms with van der Waals surface area (Å²) in [6, 6.07) is 8.04. The number of likely N-dealkylation sites (N-methyl/N-ethyl adjacent to an activating group) is 2. The molecule has 0 saturated carbocycles. The van der Waals surface area contributed by atoms with Crippen LogP contribution in [0, 0.1) is 6.92 Å². The molecule has 1 aliphatic rings. The van der Waals surface area contributed by atoms with Gasteiger partial charge in [-0.15, -0.1) is 0 Å². The topological polar surface area (TPSA) is 53.8 Å². The van der Waals surface area contributed by atoms with Crippen molar-refractivity contribution in [3.05, 3.63) is 52.3 Å². The molecule has 0 atom stereocenters. The van der Waals surface area contributed by atoms with Gasteiger partial charge in [0.2, 0.25) is 0 Å². The van der Waals surface area contributed by atoms with E-state index in [2.05, 4.69) is 46.8 Å². The van der Waals surface area contributed by atoms with E-state index < -0.39 is 0 Å². The molecule has 1 aromatic heterocycles. The van der Waals surface area contributed by atoms with Crippen molar-refractivity contribution >= 4 is 35.2 Å². The van der Waals surface area contributed by atoms with Gasteiger partial charge in [0.25, 0.3) is 11.8 Å². The summed E-state index contributed by atoms with van der Waals surface area (Å²) in [5.74, 6) is 1.20. The first-order valence-electron chi connectivity index (χ1n) is 11.2. The number of amides is 2. The first kappa shape index (κ1) is 23.9. The second-order valence-electron chi connectivity index (χ2n) is 8.73. The predicted octanol–water partition coefficient (Wildman–Crippen LogP) is 5.88. The Bertz CT molecular complexity index is 1040. The summed E-state index contributed by atoms with van der Waals surface area (Å²) in [5.41, 5.74) is 4.98. The average molecular weight is 453 g/mol. The Morgan fingerprint density at radius 1 is 0.938 bits per heavy atom. The largest absolute Gasteiger partial charge is 0.457 e. The number of carbonyl (C=O) groups is 2. The lowest BCUT2D eigenvalue weighted by Gasteiger charge is -2.35. The summed E-state index contributed by atoms with van der Waals surface area (Å²) < 4.78 is 6.09. The molecular weight excluding hydrogens is 420 g/mol. The van der Waals surface area contributed by atoms with Gasteiger partial charge in [-0.25, -0.2) is 0 Å². The number of rotatable bonds is 6. The highest BCUT2D eigenvalue weighted by atomic mass is 32.1. The molecule has 0 spiro atoms. The molecule has 5 nitrogen and oxygen atoms in total. The van der Waals surface area contributed by atoms with E-state index in [1.807, 2.05) is 19.9 Å². The minimum atomic E-state index is -0.385. The smallest absolute Gasteiger partial charge is 0.265 e. The molecule has 2 aromatic rings. The van der Waals surface area contributed by atoms with Crippen LogP contribution in [0.1, 0.15) is 75.8 Å². The zero-order valence-corrected chi connectivity index (χ0v) is 20.8. The van der Waals surface area contributed by atoms with E-state index >= 15 is 0 Å². The number of carbonyl (C=O) groups excluding carboxylic acids is 2. The van der Waals surface area contributed by atoms with Crippen LogP contribution in [0.3, 0.4) is 0 Å². The van der Waals surface area contributed by atoms with Crippen molar-refractivity contribution in [1.82, 2.24) is 9.80 Å². The lowest BCUT2D eigenvalue weighted by molar-refractivity contribution is -0.133. The summed E-state index contributed by atoms with van der Waals surface area (Å²) in [6.07, 6.45) is 1.53. The molecule has 1 aliphatic heterocycles. The highest BCUT2D eigenvalue weighted by Crippen LogP contribution is 2.34. The van der Waals surface area contributed by atoms with Crippen LogP contribution in [0.5, 0.6) is 0 Å². The van der Waals surface area contributed by atoms with E-state index in [0.29, 0.717) is 36.4 Å². The van der Waals surface area contributed by atoms with Crippen molar-refractivity contribution in [3.8, 4) is 11.3 Å². The maximum Gasteiger partial charge on any atom is 0.265 e. The van der Waals surface area contributed by atoms with Crippen molar-refractivity contribution in [3.63, 3.8) is 0 Å². The van der Waals surface area contributed by atoms with Crippen LogP contribution in [0.15, 0.2) is 34.3 Å². The zero-order chi connectivity index (χ0) is 23.7. The first-order valence-corrected chi connectivity index (χ1v) is 11.6. The van der Waals surface area contributed by atoms with Gasteiger partial charge in [-0.05, 0) is 91.9 Å². The summed E-state index contributed by atoms with van der Waals surface area (Å²) >= 11 is 5.32. The van der Waals surface area contributed by atoms with E-state index in [9.17, 15) is 9.59 Å². The van der Waals surface area contributed by atoms with Gasteiger partial charge in [-0.2, -0.15) is 0 Å². The summed E-state index contributed by atoms with van der Waals surface area (Å²) in [5, 5.41) is 0.254. The molecule has 1 aromatic carbocycles. The van der Waals surface area contributed by atoms with Gasteiger partial charge in [-0.3, -0.25) is 19.4 Å². The first-order chi connectivity index (χ1) is 15.1. The molecule has 1 fully saturated rings. The van der Waals surface area contributed by atoms with Crippen molar-refractivity contribution < 1.29 is 14.0 Å². The predicted molar refractivity (Wildman–Crippen MR) is 132 cm³/mol. The Morgan fingerprint density at radius 3 is 1.88 bits per heavy atom. The van der Waals surface area contributed by atoms with E-state index in [0.717, 1.165) is 5.56 Å². The van der Waals surface area contributed by atoms with Crippen molar-refractivity contribution in [2.75, 3.05) is 13.1 Å². The Morgan fingerprint density at radius 2 is 1.44 bits per heavy atom. The van der Waals surface area contributed by atoms with Crippen LogP contribution in [0.2, 0.25) is 0 Å². The highest BCUT2D eigenvalue weighted by Gasteiger charge is 2.38. The van der Waals surface area contributed by atoms with Crippen LogP contribution >= 0.6 is 12.2 Å². The van der Waals surface area contributed by atoms with Gasteiger partial charge in [-0.1, -0.05) is 27.7 Å². The quantitative estimate of drug-likeness (QED) is 0.312. The van der Waals surface area contributed by atoms with Gasteiger partial charge in [0.15, 0.2) is 5.11 Å². The number of hydrogen-bond acceptors (Lipinski definition) is 4. The molecular formula is C26H32N2O3S. The molecule has 0 aliphatic carbocycles.